The number of nitrogens with one attached hydrogen (secondary N) is 1. The first-order chi connectivity index (χ1) is 9.74. The zero-order valence-corrected chi connectivity index (χ0v) is 14.3. The number of benzene rings is 1. The predicted molar refractivity (Wildman–Crippen MR) is 89.3 cm³/mol. The fourth-order valence-electron chi connectivity index (χ4n) is 1.91. The number of carbonyl (C=O) groups is 1. The van der Waals surface area contributed by atoms with Crippen LogP contribution in [0.15, 0.2) is 41.0 Å². The van der Waals surface area contributed by atoms with E-state index in [1.54, 1.807) is 6.07 Å². The molecule has 0 fully saturated rings. The minimum Gasteiger partial charge on any atom is -0.347 e. The molecule has 0 bridgehead atoms. The summed E-state index contributed by atoms with van der Waals surface area (Å²) in [5, 5.41) is 2.96. The van der Waals surface area contributed by atoms with Crippen LogP contribution < -0.4 is 5.32 Å². The molecular formula is C17H19BrN2O. The van der Waals surface area contributed by atoms with E-state index in [-0.39, 0.29) is 11.4 Å². The average molecular weight is 347 g/mol. The minimum absolute atomic E-state index is 0.0982. The Morgan fingerprint density at radius 1 is 1.14 bits per heavy atom. The standard InChI is InChI=1S/C17H19BrN2O/c1-11-5-7-12(8-6-11)14-9-13(10-15(18)19-14)16(21)20-17(2,3)4/h5-10H,1-4H3,(H,20,21). The Hall–Kier alpha value is -1.68. The second kappa shape index (κ2) is 5.98. The molecule has 1 aromatic heterocycles. The van der Waals surface area contributed by atoms with Gasteiger partial charge in [-0.1, -0.05) is 29.8 Å². The zero-order chi connectivity index (χ0) is 15.6. The molecule has 1 amide bonds. The van der Waals surface area contributed by atoms with Crippen molar-refractivity contribution in [2.45, 2.75) is 33.2 Å². The molecule has 0 atom stereocenters. The van der Waals surface area contributed by atoms with Gasteiger partial charge in [-0.25, -0.2) is 4.98 Å². The molecule has 1 aromatic carbocycles. The van der Waals surface area contributed by atoms with Crippen molar-refractivity contribution in [2.24, 2.45) is 0 Å². The summed E-state index contributed by atoms with van der Waals surface area (Å²) >= 11 is 3.38. The van der Waals surface area contributed by atoms with Crippen LogP contribution in [-0.2, 0) is 0 Å². The average Bonchev–Trinajstić information content (AvgIpc) is 2.36. The second-order valence-corrected chi connectivity index (χ2v) is 6.95. The first-order valence-electron chi connectivity index (χ1n) is 6.82. The number of nitrogens with zero attached hydrogens (tertiary/aromatic N) is 1. The molecule has 1 heterocycles. The van der Waals surface area contributed by atoms with Crippen molar-refractivity contribution in [3.63, 3.8) is 0 Å². The minimum atomic E-state index is -0.267. The summed E-state index contributed by atoms with van der Waals surface area (Å²) < 4.78 is 0.652. The Morgan fingerprint density at radius 2 is 1.76 bits per heavy atom. The number of rotatable bonds is 2. The molecule has 2 rings (SSSR count). The summed E-state index contributed by atoms with van der Waals surface area (Å²) in [6.45, 7) is 7.92. The molecule has 0 spiro atoms. The summed E-state index contributed by atoms with van der Waals surface area (Å²) in [5.74, 6) is -0.0982. The van der Waals surface area contributed by atoms with E-state index >= 15 is 0 Å². The van der Waals surface area contributed by atoms with E-state index in [9.17, 15) is 4.79 Å². The number of hydrogen-bond acceptors (Lipinski definition) is 2. The topological polar surface area (TPSA) is 42.0 Å². The van der Waals surface area contributed by atoms with E-state index < -0.39 is 0 Å². The molecule has 21 heavy (non-hydrogen) atoms. The summed E-state index contributed by atoms with van der Waals surface area (Å²) in [7, 11) is 0. The summed E-state index contributed by atoms with van der Waals surface area (Å²) in [5.41, 5.74) is 3.30. The summed E-state index contributed by atoms with van der Waals surface area (Å²) in [6.07, 6.45) is 0. The number of amides is 1. The molecular weight excluding hydrogens is 328 g/mol. The molecule has 0 aliphatic carbocycles. The van der Waals surface area contributed by atoms with Gasteiger partial charge in [-0.05, 0) is 55.8 Å². The van der Waals surface area contributed by atoms with Crippen LogP contribution in [0.1, 0.15) is 36.7 Å². The SMILES string of the molecule is Cc1ccc(-c2cc(C(=O)NC(C)(C)C)cc(Br)n2)cc1. The molecule has 1 N–H and O–H groups in total. The van der Waals surface area contributed by atoms with Crippen LogP contribution in [0.5, 0.6) is 0 Å². The van der Waals surface area contributed by atoms with Crippen LogP contribution in [0.2, 0.25) is 0 Å². The third-order valence-corrected chi connectivity index (χ3v) is 3.30. The Kier molecular flexibility index (Phi) is 4.47. The Morgan fingerprint density at radius 3 is 2.33 bits per heavy atom. The fraction of sp³-hybridized carbons (Fsp3) is 0.294. The molecule has 0 unspecified atom stereocenters. The van der Waals surface area contributed by atoms with E-state index in [1.165, 1.54) is 5.56 Å². The third-order valence-electron chi connectivity index (χ3n) is 2.89. The van der Waals surface area contributed by atoms with Gasteiger partial charge in [0.2, 0.25) is 0 Å². The molecule has 3 nitrogen and oxygen atoms in total. The lowest BCUT2D eigenvalue weighted by Gasteiger charge is -2.20. The number of hydrogen-bond donors (Lipinski definition) is 1. The third kappa shape index (κ3) is 4.39. The smallest absolute Gasteiger partial charge is 0.251 e. The van der Waals surface area contributed by atoms with E-state index in [2.05, 4.69) is 26.2 Å². The highest BCUT2D eigenvalue weighted by atomic mass is 79.9. The molecule has 0 saturated carbocycles. The quantitative estimate of drug-likeness (QED) is 0.821. The predicted octanol–water partition coefficient (Wildman–Crippen LogP) is 4.35. The Labute approximate surface area is 133 Å². The second-order valence-electron chi connectivity index (χ2n) is 6.13. The molecule has 0 radical (unpaired) electrons. The molecule has 0 aliphatic heterocycles. The van der Waals surface area contributed by atoms with Gasteiger partial charge in [0, 0.05) is 16.7 Å². The van der Waals surface area contributed by atoms with Gasteiger partial charge in [-0.15, -0.1) is 0 Å². The first kappa shape index (κ1) is 15.7. The largest absolute Gasteiger partial charge is 0.347 e. The van der Waals surface area contributed by atoms with E-state index in [0.29, 0.717) is 10.2 Å². The van der Waals surface area contributed by atoms with Crippen molar-refractivity contribution >= 4 is 21.8 Å². The van der Waals surface area contributed by atoms with Crippen LogP contribution >= 0.6 is 15.9 Å². The highest BCUT2D eigenvalue weighted by molar-refractivity contribution is 9.10. The maximum Gasteiger partial charge on any atom is 0.251 e. The van der Waals surface area contributed by atoms with Gasteiger partial charge in [0.15, 0.2) is 0 Å². The number of halogens is 1. The van der Waals surface area contributed by atoms with Crippen LogP contribution in [0, 0.1) is 6.92 Å². The monoisotopic (exact) mass is 346 g/mol. The number of pyridine rings is 1. The van der Waals surface area contributed by atoms with Crippen molar-refractivity contribution in [1.29, 1.82) is 0 Å². The van der Waals surface area contributed by atoms with Gasteiger partial charge in [0.1, 0.15) is 4.60 Å². The zero-order valence-electron chi connectivity index (χ0n) is 12.7. The number of aromatic nitrogens is 1. The molecule has 110 valence electrons. The fourth-order valence-corrected chi connectivity index (χ4v) is 2.35. The van der Waals surface area contributed by atoms with Gasteiger partial charge in [-0.3, -0.25) is 4.79 Å². The van der Waals surface area contributed by atoms with Crippen molar-refractivity contribution < 1.29 is 4.79 Å². The summed E-state index contributed by atoms with van der Waals surface area (Å²) in [6, 6.07) is 11.6. The van der Waals surface area contributed by atoms with Gasteiger partial charge >= 0.3 is 0 Å². The van der Waals surface area contributed by atoms with Crippen LogP contribution in [0.4, 0.5) is 0 Å². The highest BCUT2D eigenvalue weighted by Gasteiger charge is 2.16. The van der Waals surface area contributed by atoms with Crippen molar-refractivity contribution in [1.82, 2.24) is 10.3 Å². The van der Waals surface area contributed by atoms with E-state index in [1.807, 2.05) is 58.0 Å². The van der Waals surface area contributed by atoms with Gasteiger partial charge in [0.25, 0.3) is 5.91 Å². The molecule has 4 heteroatoms. The van der Waals surface area contributed by atoms with Crippen LogP contribution in [0.25, 0.3) is 11.3 Å². The normalized spacial score (nSPS) is 11.3. The van der Waals surface area contributed by atoms with E-state index in [4.69, 9.17) is 0 Å². The Balaban J connectivity index is 2.37. The van der Waals surface area contributed by atoms with Gasteiger partial charge < -0.3 is 5.32 Å². The van der Waals surface area contributed by atoms with Crippen LogP contribution in [-0.4, -0.2) is 16.4 Å². The van der Waals surface area contributed by atoms with Gasteiger partial charge in [-0.2, -0.15) is 0 Å². The lowest BCUT2D eigenvalue weighted by Crippen LogP contribution is -2.40. The molecule has 2 aromatic rings. The highest BCUT2D eigenvalue weighted by Crippen LogP contribution is 2.22. The maximum absolute atomic E-state index is 12.3. The maximum atomic E-state index is 12.3. The molecule has 0 aliphatic rings. The lowest BCUT2D eigenvalue weighted by molar-refractivity contribution is 0.0919. The molecule has 0 saturated heterocycles. The van der Waals surface area contributed by atoms with Crippen LogP contribution in [0.3, 0.4) is 0 Å². The van der Waals surface area contributed by atoms with Crippen molar-refractivity contribution in [3.8, 4) is 11.3 Å². The van der Waals surface area contributed by atoms with E-state index in [0.717, 1.165) is 11.3 Å². The van der Waals surface area contributed by atoms with Crippen molar-refractivity contribution in [2.75, 3.05) is 0 Å². The van der Waals surface area contributed by atoms with Gasteiger partial charge in [0.05, 0.1) is 5.69 Å². The lowest BCUT2D eigenvalue weighted by atomic mass is 10.1. The first-order valence-corrected chi connectivity index (χ1v) is 7.61. The number of aryl methyl sites for hydroxylation is 1. The number of carbonyl (C=O) groups excluding carboxylic acids is 1. The Bertz CT molecular complexity index is 657. The summed E-state index contributed by atoms with van der Waals surface area (Å²) in [4.78, 5) is 16.7. The van der Waals surface area contributed by atoms with Crippen molar-refractivity contribution in [3.05, 3.63) is 52.1 Å².